The van der Waals surface area contributed by atoms with Crippen LogP contribution in [0.25, 0.3) is 5.70 Å². The molecule has 2 N–H and O–H groups in total. The summed E-state index contributed by atoms with van der Waals surface area (Å²) in [5.74, 6) is -0.646. The van der Waals surface area contributed by atoms with Crippen LogP contribution in [0.1, 0.15) is 18.4 Å². The molecule has 140 valence electrons. The second-order valence-corrected chi connectivity index (χ2v) is 8.39. The summed E-state index contributed by atoms with van der Waals surface area (Å²) in [6.45, 7) is 1.17. The van der Waals surface area contributed by atoms with Crippen LogP contribution >= 0.6 is 0 Å². The number of carbonyl (C=O) groups is 1. The number of hydrogen-bond donors (Lipinski definition) is 2. The fourth-order valence-corrected chi connectivity index (χ4v) is 5.10. The predicted octanol–water partition coefficient (Wildman–Crippen LogP) is 2.55. The second kappa shape index (κ2) is 7.17. The molecule has 1 atom stereocenters. The van der Waals surface area contributed by atoms with Crippen molar-refractivity contribution in [2.75, 3.05) is 18.5 Å². The van der Waals surface area contributed by atoms with E-state index in [0.29, 0.717) is 30.1 Å². The van der Waals surface area contributed by atoms with Gasteiger partial charge in [0, 0.05) is 24.4 Å². The van der Waals surface area contributed by atoms with E-state index in [4.69, 9.17) is 4.74 Å². The van der Waals surface area contributed by atoms with Crippen LogP contribution in [0, 0.1) is 0 Å². The van der Waals surface area contributed by atoms with Gasteiger partial charge in [-0.1, -0.05) is 36.4 Å². The molecule has 0 aliphatic carbocycles. The molecule has 4 rings (SSSR count). The zero-order valence-electron chi connectivity index (χ0n) is 14.6. The van der Waals surface area contributed by atoms with Gasteiger partial charge in [0.1, 0.15) is 0 Å². The number of carbonyl (C=O) groups excluding carboxylic acids is 1. The number of fused-ring (bicyclic) bond motifs is 1. The molecule has 1 fully saturated rings. The van der Waals surface area contributed by atoms with E-state index in [2.05, 4.69) is 10.6 Å². The molecule has 6 nitrogen and oxygen atoms in total. The van der Waals surface area contributed by atoms with Gasteiger partial charge in [-0.15, -0.1) is 0 Å². The summed E-state index contributed by atoms with van der Waals surface area (Å²) in [4.78, 5) is 12.8. The highest BCUT2D eigenvalue weighted by Crippen LogP contribution is 2.38. The molecule has 2 aromatic carbocycles. The lowest BCUT2D eigenvalue weighted by molar-refractivity contribution is -0.112. The molecule has 0 bridgehead atoms. The van der Waals surface area contributed by atoms with Gasteiger partial charge < -0.3 is 15.4 Å². The van der Waals surface area contributed by atoms with Crippen LogP contribution in [-0.4, -0.2) is 33.6 Å². The Labute approximate surface area is 158 Å². The van der Waals surface area contributed by atoms with Crippen LogP contribution in [0.4, 0.5) is 5.69 Å². The minimum Gasteiger partial charge on any atom is -0.381 e. The van der Waals surface area contributed by atoms with Gasteiger partial charge >= 0.3 is 0 Å². The summed E-state index contributed by atoms with van der Waals surface area (Å²) >= 11 is 0. The van der Waals surface area contributed by atoms with Crippen molar-refractivity contribution in [2.24, 2.45) is 0 Å². The highest BCUT2D eigenvalue weighted by Gasteiger charge is 2.40. The largest absolute Gasteiger partial charge is 0.381 e. The van der Waals surface area contributed by atoms with E-state index < -0.39 is 15.7 Å². The first-order valence-electron chi connectivity index (χ1n) is 8.88. The lowest BCUT2D eigenvalue weighted by Gasteiger charge is -2.14. The monoisotopic (exact) mass is 384 g/mol. The Balaban J connectivity index is 1.70. The molecule has 2 aromatic rings. The van der Waals surface area contributed by atoms with Crippen molar-refractivity contribution in [1.82, 2.24) is 5.32 Å². The summed E-state index contributed by atoms with van der Waals surface area (Å²) < 4.78 is 31.7. The van der Waals surface area contributed by atoms with Crippen LogP contribution in [-0.2, 0) is 19.4 Å². The van der Waals surface area contributed by atoms with E-state index in [9.17, 15) is 13.2 Å². The topological polar surface area (TPSA) is 84.5 Å². The first-order chi connectivity index (χ1) is 13.1. The van der Waals surface area contributed by atoms with E-state index in [1.807, 2.05) is 6.07 Å². The lowest BCUT2D eigenvalue weighted by Crippen LogP contribution is -2.27. The third-order valence-corrected chi connectivity index (χ3v) is 6.57. The Morgan fingerprint density at radius 3 is 2.56 bits per heavy atom. The van der Waals surface area contributed by atoms with Gasteiger partial charge in [-0.25, -0.2) is 8.42 Å². The molecule has 27 heavy (non-hydrogen) atoms. The van der Waals surface area contributed by atoms with Crippen molar-refractivity contribution in [2.45, 2.75) is 23.8 Å². The minimum absolute atomic E-state index is 0.0198. The summed E-state index contributed by atoms with van der Waals surface area (Å²) in [7, 11) is -3.90. The number of para-hydroxylation sites is 1. The zero-order chi connectivity index (χ0) is 18.9. The quantitative estimate of drug-likeness (QED) is 0.828. The average molecular weight is 384 g/mol. The van der Waals surface area contributed by atoms with Crippen LogP contribution in [0.2, 0.25) is 0 Å². The number of nitrogens with one attached hydrogen (secondary N) is 2. The molecule has 2 aliphatic rings. The van der Waals surface area contributed by atoms with Gasteiger partial charge in [-0.2, -0.15) is 0 Å². The van der Waals surface area contributed by atoms with Gasteiger partial charge in [0.25, 0.3) is 5.91 Å². The number of sulfone groups is 1. The van der Waals surface area contributed by atoms with Gasteiger partial charge in [0.05, 0.1) is 16.7 Å². The number of ether oxygens (including phenoxy) is 1. The number of benzene rings is 2. The number of anilines is 1. The zero-order valence-corrected chi connectivity index (χ0v) is 15.5. The SMILES string of the molecule is O=C(Nc1ccccc1)C1=C(NCC2CCCO2)c2ccccc2S1(=O)=O. The van der Waals surface area contributed by atoms with Crippen molar-refractivity contribution < 1.29 is 17.9 Å². The Bertz CT molecular complexity index is 994. The third kappa shape index (κ3) is 3.36. The third-order valence-electron chi connectivity index (χ3n) is 4.71. The smallest absolute Gasteiger partial charge is 0.269 e. The number of amides is 1. The molecule has 0 aromatic heterocycles. The Kier molecular flexibility index (Phi) is 4.72. The van der Waals surface area contributed by atoms with E-state index in [0.717, 1.165) is 12.8 Å². The van der Waals surface area contributed by atoms with E-state index >= 15 is 0 Å². The average Bonchev–Trinajstić information content (AvgIpc) is 3.26. The van der Waals surface area contributed by atoms with Gasteiger partial charge in [-0.3, -0.25) is 4.79 Å². The molecule has 1 amide bonds. The molecule has 0 saturated carbocycles. The summed E-state index contributed by atoms with van der Waals surface area (Å²) in [6, 6.07) is 15.5. The van der Waals surface area contributed by atoms with Gasteiger partial charge in [0.2, 0.25) is 9.84 Å². The summed E-state index contributed by atoms with van der Waals surface area (Å²) in [6.07, 6.45) is 1.92. The first-order valence-corrected chi connectivity index (χ1v) is 10.4. The number of hydrogen-bond acceptors (Lipinski definition) is 5. The van der Waals surface area contributed by atoms with Crippen molar-refractivity contribution in [1.29, 1.82) is 0 Å². The van der Waals surface area contributed by atoms with E-state index in [1.54, 1.807) is 42.5 Å². The van der Waals surface area contributed by atoms with Crippen LogP contribution in [0.3, 0.4) is 0 Å². The van der Waals surface area contributed by atoms with Crippen LogP contribution in [0.15, 0.2) is 64.4 Å². The second-order valence-electron chi connectivity index (χ2n) is 6.54. The summed E-state index contributed by atoms with van der Waals surface area (Å²) in [5.41, 5.74) is 1.41. The fourth-order valence-electron chi connectivity index (χ4n) is 3.42. The normalized spacial score (nSPS) is 20.4. The highest BCUT2D eigenvalue weighted by molar-refractivity contribution is 7.97. The van der Waals surface area contributed by atoms with Gasteiger partial charge in [-0.05, 0) is 31.0 Å². The minimum atomic E-state index is -3.90. The standard InChI is InChI=1S/C20H20N2O4S/c23-20(22-14-7-2-1-3-8-14)19-18(21-13-15-9-6-12-26-15)16-10-4-5-11-17(16)27(19,24)25/h1-5,7-8,10-11,15,21H,6,9,12-13H2,(H,22,23). The Hall–Kier alpha value is -2.64. The molecule has 0 spiro atoms. The molecule has 0 radical (unpaired) electrons. The summed E-state index contributed by atoms with van der Waals surface area (Å²) in [5, 5.41) is 5.85. The maximum absolute atomic E-state index is 13.0. The predicted molar refractivity (Wildman–Crippen MR) is 103 cm³/mol. The van der Waals surface area contributed by atoms with Crippen molar-refractivity contribution in [3.63, 3.8) is 0 Å². The van der Waals surface area contributed by atoms with Crippen molar-refractivity contribution in [3.05, 3.63) is 65.1 Å². The molecule has 2 aliphatic heterocycles. The fraction of sp³-hybridized carbons (Fsp3) is 0.250. The van der Waals surface area contributed by atoms with Crippen molar-refractivity contribution >= 4 is 27.1 Å². The van der Waals surface area contributed by atoms with E-state index in [1.165, 1.54) is 6.07 Å². The molecule has 1 unspecified atom stereocenters. The highest BCUT2D eigenvalue weighted by atomic mass is 32.2. The molecule has 2 heterocycles. The van der Waals surface area contributed by atoms with E-state index in [-0.39, 0.29) is 15.9 Å². The van der Waals surface area contributed by atoms with Crippen LogP contribution in [0.5, 0.6) is 0 Å². The molecule has 7 heteroatoms. The molecular weight excluding hydrogens is 364 g/mol. The van der Waals surface area contributed by atoms with Crippen molar-refractivity contribution in [3.8, 4) is 0 Å². The maximum atomic E-state index is 13.0. The number of rotatable bonds is 5. The first kappa shape index (κ1) is 17.8. The van der Waals surface area contributed by atoms with Crippen LogP contribution < -0.4 is 10.6 Å². The van der Waals surface area contributed by atoms with Gasteiger partial charge in [0.15, 0.2) is 4.91 Å². The lowest BCUT2D eigenvalue weighted by atomic mass is 10.1. The Morgan fingerprint density at radius 1 is 1.07 bits per heavy atom. The Morgan fingerprint density at radius 2 is 1.81 bits per heavy atom. The molecule has 1 saturated heterocycles. The molecular formula is C20H20N2O4S. The maximum Gasteiger partial charge on any atom is 0.269 e.